The van der Waals surface area contributed by atoms with Crippen molar-refractivity contribution >= 4 is 12.1 Å². The van der Waals surface area contributed by atoms with Crippen LogP contribution in [0.5, 0.6) is 0 Å². The molecule has 0 aliphatic carbocycles. The quantitative estimate of drug-likeness (QED) is 0.804. The number of amides is 1. The number of benzene rings is 1. The van der Waals surface area contributed by atoms with Crippen molar-refractivity contribution in [3.63, 3.8) is 0 Å². The van der Waals surface area contributed by atoms with Crippen molar-refractivity contribution in [3.8, 4) is 0 Å². The molecule has 1 amide bonds. The van der Waals surface area contributed by atoms with Crippen molar-refractivity contribution in [1.29, 1.82) is 0 Å². The number of carbonyl (C=O) groups excluding carboxylic acids is 2. The van der Waals surface area contributed by atoms with Gasteiger partial charge in [0.15, 0.2) is 0 Å². The Labute approximate surface area is 137 Å². The fourth-order valence-corrected chi connectivity index (χ4v) is 2.95. The molecule has 1 fully saturated rings. The van der Waals surface area contributed by atoms with Gasteiger partial charge in [-0.2, -0.15) is 0 Å². The number of ether oxygens (including phenoxy) is 2. The first kappa shape index (κ1) is 17.3. The highest BCUT2D eigenvalue weighted by Gasteiger charge is 2.44. The second-order valence-electron chi connectivity index (χ2n) is 6.88. The number of esters is 1. The molecular formula is C18H25NO4. The zero-order valence-electron chi connectivity index (χ0n) is 14.2. The summed E-state index contributed by atoms with van der Waals surface area (Å²) in [4.78, 5) is 26.1. The largest absolute Gasteiger partial charge is 0.467 e. The molecule has 1 aliphatic heterocycles. The Balaban J connectivity index is 2.15. The van der Waals surface area contributed by atoms with Gasteiger partial charge in [-0.05, 0) is 45.1 Å². The Kier molecular flexibility index (Phi) is 5.29. The smallest absolute Gasteiger partial charge is 0.411 e. The lowest BCUT2D eigenvalue weighted by molar-refractivity contribution is -0.147. The minimum absolute atomic E-state index is 0.0392. The van der Waals surface area contributed by atoms with E-state index in [1.807, 2.05) is 51.1 Å². The van der Waals surface area contributed by atoms with E-state index in [9.17, 15) is 9.59 Å². The van der Waals surface area contributed by atoms with Crippen LogP contribution in [0.15, 0.2) is 30.3 Å². The van der Waals surface area contributed by atoms with E-state index < -0.39 is 17.7 Å². The number of hydrogen-bond donors (Lipinski definition) is 0. The van der Waals surface area contributed by atoms with Crippen LogP contribution >= 0.6 is 0 Å². The van der Waals surface area contributed by atoms with E-state index in [4.69, 9.17) is 9.47 Å². The Bertz CT molecular complexity index is 550. The topological polar surface area (TPSA) is 55.8 Å². The van der Waals surface area contributed by atoms with Crippen LogP contribution < -0.4 is 0 Å². The van der Waals surface area contributed by atoms with E-state index in [-0.39, 0.29) is 11.9 Å². The Morgan fingerprint density at radius 3 is 2.43 bits per heavy atom. The molecule has 0 saturated carbocycles. The summed E-state index contributed by atoms with van der Waals surface area (Å²) >= 11 is 0. The highest BCUT2D eigenvalue weighted by atomic mass is 16.6. The summed E-state index contributed by atoms with van der Waals surface area (Å²) in [7, 11) is 1.35. The molecule has 0 aromatic heterocycles. The third-order valence-corrected chi connectivity index (χ3v) is 3.93. The van der Waals surface area contributed by atoms with Crippen molar-refractivity contribution in [3.05, 3.63) is 35.9 Å². The summed E-state index contributed by atoms with van der Waals surface area (Å²) in [6.45, 7) is 5.95. The van der Waals surface area contributed by atoms with Crippen LogP contribution in [0.2, 0.25) is 0 Å². The molecular weight excluding hydrogens is 294 g/mol. The summed E-state index contributed by atoms with van der Waals surface area (Å²) in [6, 6.07) is 9.39. The molecule has 2 rings (SSSR count). The fraction of sp³-hybridized carbons (Fsp3) is 0.556. The zero-order chi connectivity index (χ0) is 17.0. The monoisotopic (exact) mass is 319 g/mol. The van der Waals surface area contributed by atoms with E-state index in [0.29, 0.717) is 6.54 Å². The molecule has 2 atom stereocenters. The van der Waals surface area contributed by atoms with Crippen molar-refractivity contribution in [2.45, 2.75) is 45.3 Å². The molecule has 1 aromatic rings. The van der Waals surface area contributed by atoms with Gasteiger partial charge in [0.25, 0.3) is 0 Å². The summed E-state index contributed by atoms with van der Waals surface area (Å²) in [5.41, 5.74) is 0.562. The minimum atomic E-state index is -0.588. The highest BCUT2D eigenvalue weighted by molar-refractivity contribution is 5.82. The first-order valence-corrected chi connectivity index (χ1v) is 7.93. The number of methoxy groups -OCH3 is 1. The Hall–Kier alpha value is -2.04. The first-order valence-electron chi connectivity index (χ1n) is 7.93. The van der Waals surface area contributed by atoms with Crippen LogP contribution in [0.1, 0.15) is 32.8 Å². The number of carbonyl (C=O) groups is 2. The molecule has 1 heterocycles. The maximum atomic E-state index is 12.4. The molecule has 0 N–H and O–H groups in total. The van der Waals surface area contributed by atoms with Crippen molar-refractivity contribution in [2.24, 2.45) is 5.92 Å². The average molecular weight is 319 g/mol. The van der Waals surface area contributed by atoms with Gasteiger partial charge < -0.3 is 9.47 Å². The average Bonchev–Trinajstić information content (AvgIpc) is 2.89. The lowest BCUT2D eigenvalue weighted by Crippen LogP contribution is -2.46. The summed E-state index contributed by atoms with van der Waals surface area (Å²) in [5, 5.41) is 0. The maximum Gasteiger partial charge on any atom is 0.411 e. The zero-order valence-corrected chi connectivity index (χ0v) is 14.2. The highest BCUT2D eigenvalue weighted by Crippen LogP contribution is 2.30. The molecule has 1 saturated heterocycles. The van der Waals surface area contributed by atoms with Gasteiger partial charge in [-0.1, -0.05) is 30.3 Å². The third-order valence-electron chi connectivity index (χ3n) is 3.93. The van der Waals surface area contributed by atoms with E-state index >= 15 is 0 Å². The molecule has 0 unspecified atom stereocenters. The molecule has 5 nitrogen and oxygen atoms in total. The van der Waals surface area contributed by atoms with E-state index in [2.05, 4.69) is 0 Å². The first-order chi connectivity index (χ1) is 10.8. The molecule has 0 bridgehead atoms. The predicted molar refractivity (Wildman–Crippen MR) is 87.0 cm³/mol. The van der Waals surface area contributed by atoms with Crippen molar-refractivity contribution < 1.29 is 19.1 Å². The maximum absolute atomic E-state index is 12.4. The molecule has 126 valence electrons. The van der Waals surface area contributed by atoms with Gasteiger partial charge in [0.2, 0.25) is 0 Å². The lowest BCUT2D eigenvalue weighted by atomic mass is 9.92. The van der Waals surface area contributed by atoms with Crippen molar-refractivity contribution in [2.75, 3.05) is 13.7 Å². The number of rotatable bonds is 3. The van der Waals surface area contributed by atoms with E-state index in [1.165, 1.54) is 12.0 Å². The number of nitrogens with zero attached hydrogens (tertiary/aromatic N) is 1. The van der Waals surface area contributed by atoms with Crippen LogP contribution in [-0.4, -0.2) is 42.3 Å². The molecule has 1 aliphatic rings. The number of likely N-dealkylation sites (tertiary alicyclic amines) is 1. The third kappa shape index (κ3) is 4.47. The van der Waals surface area contributed by atoms with E-state index in [1.54, 1.807) is 0 Å². The molecule has 5 heteroatoms. The second-order valence-corrected chi connectivity index (χ2v) is 6.88. The predicted octanol–water partition coefficient (Wildman–Crippen LogP) is 3.03. The molecule has 23 heavy (non-hydrogen) atoms. The fourth-order valence-electron chi connectivity index (χ4n) is 2.95. The molecule has 0 spiro atoms. The van der Waals surface area contributed by atoms with Gasteiger partial charge >= 0.3 is 12.1 Å². The SMILES string of the molecule is COC(=O)[C@@H]1[C@H](Cc2ccccc2)CCN1C(=O)OC(C)(C)C. The van der Waals surface area contributed by atoms with Gasteiger partial charge in [-0.3, -0.25) is 4.90 Å². The lowest BCUT2D eigenvalue weighted by Gasteiger charge is -2.29. The van der Waals surface area contributed by atoms with Crippen LogP contribution in [-0.2, 0) is 20.7 Å². The number of hydrogen-bond acceptors (Lipinski definition) is 4. The van der Waals surface area contributed by atoms with Gasteiger partial charge in [0.1, 0.15) is 11.6 Å². The van der Waals surface area contributed by atoms with Crippen LogP contribution in [0.25, 0.3) is 0 Å². The standard InChI is InChI=1S/C18H25NO4/c1-18(2,3)23-17(21)19-11-10-14(15(19)16(20)22-4)12-13-8-6-5-7-9-13/h5-9,14-15H,10-12H2,1-4H3/t14-,15-/m0/s1. The Morgan fingerprint density at radius 1 is 1.22 bits per heavy atom. The molecule has 1 aromatic carbocycles. The van der Waals surface area contributed by atoms with Crippen molar-refractivity contribution in [1.82, 2.24) is 4.90 Å². The summed E-state index contributed by atoms with van der Waals surface area (Å²) in [6.07, 6.45) is 1.04. The van der Waals surface area contributed by atoms with E-state index in [0.717, 1.165) is 18.4 Å². The van der Waals surface area contributed by atoms with Gasteiger partial charge in [0.05, 0.1) is 7.11 Å². The van der Waals surface area contributed by atoms with Crippen LogP contribution in [0.3, 0.4) is 0 Å². The normalized spacial score (nSPS) is 21.1. The van der Waals surface area contributed by atoms with Crippen LogP contribution in [0.4, 0.5) is 4.79 Å². The summed E-state index contributed by atoms with van der Waals surface area (Å²) < 4.78 is 10.3. The van der Waals surface area contributed by atoms with Gasteiger partial charge in [-0.15, -0.1) is 0 Å². The second kappa shape index (κ2) is 7.02. The van der Waals surface area contributed by atoms with Crippen LogP contribution in [0, 0.1) is 5.92 Å². The molecule has 0 radical (unpaired) electrons. The summed E-state index contributed by atoms with van der Waals surface area (Å²) in [5.74, 6) is -0.341. The minimum Gasteiger partial charge on any atom is -0.467 e. The Morgan fingerprint density at radius 2 is 1.87 bits per heavy atom. The van der Waals surface area contributed by atoms with Gasteiger partial charge in [0, 0.05) is 6.54 Å². The van der Waals surface area contributed by atoms with Gasteiger partial charge in [-0.25, -0.2) is 9.59 Å².